The summed E-state index contributed by atoms with van der Waals surface area (Å²) in [6, 6.07) is 11.5. The first-order valence-corrected chi connectivity index (χ1v) is 11.9. The molecular formula is C23H28N4O2S. The van der Waals surface area contributed by atoms with E-state index >= 15 is 0 Å². The van der Waals surface area contributed by atoms with Gasteiger partial charge in [-0.25, -0.2) is 8.42 Å². The monoisotopic (exact) mass is 424 g/mol. The van der Waals surface area contributed by atoms with Gasteiger partial charge in [0, 0.05) is 36.7 Å². The smallest absolute Gasteiger partial charge is 0.243 e. The van der Waals surface area contributed by atoms with Crippen LogP contribution in [0.25, 0.3) is 11.3 Å². The minimum atomic E-state index is -3.57. The van der Waals surface area contributed by atoms with Crippen molar-refractivity contribution in [3.8, 4) is 11.3 Å². The molecule has 0 radical (unpaired) electrons. The summed E-state index contributed by atoms with van der Waals surface area (Å²) >= 11 is 0. The number of rotatable bonds is 7. The van der Waals surface area contributed by atoms with E-state index < -0.39 is 10.0 Å². The zero-order chi connectivity index (χ0) is 21.1. The van der Waals surface area contributed by atoms with E-state index in [1.807, 2.05) is 55.1 Å². The van der Waals surface area contributed by atoms with Gasteiger partial charge in [0.25, 0.3) is 0 Å². The minimum absolute atomic E-state index is 0.0603. The normalized spacial score (nSPS) is 15.2. The van der Waals surface area contributed by atoms with E-state index in [9.17, 15) is 8.42 Å². The Morgan fingerprint density at radius 2 is 1.80 bits per heavy atom. The number of nitrogens with zero attached hydrogens (tertiary/aromatic N) is 4. The van der Waals surface area contributed by atoms with Crippen LogP contribution in [0.4, 0.5) is 0 Å². The van der Waals surface area contributed by atoms with Crippen LogP contribution >= 0.6 is 0 Å². The number of hydrogen-bond acceptors (Lipinski definition) is 4. The number of pyridine rings is 1. The van der Waals surface area contributed by atoms with Crippen molar-refractivity contribution >= 4 is 10.0 Å². The van der Waals surface area contributed by atoms with E-state index in [1.165, 1.54) is 0 Å². The highest BCUT2D eigenvalue weighted by Gasteiger charge is 2.34. The molecule has 0 amide bonds. The van der Waals surface area contributed by atoms with E-state index in [2.05, 4.69) is 10.1 Å². The number of hydrogen-bond donors (Lipinski definition) is 0. The number of aromatic nitrogens is 3. The molecule has 0 bridgehead atoms. The summed E-state index contributed by atoms with van der Waals surface area (Å²) in [4.78, 5) is 4.47. The molecule has 1 aliphatic rings. The lowest BCUT2D eigenvalue weighted by Crippen LogP contribution is -2.41. The summed E-state index contributed by atoms with van der Waals surface area (Å²) in [6.07, 6.45) is 9.40. The summed E-state index contributed by atoms with van der Waals surface area (Å²) in [5.74, 6) is 0. The van der Waals surface area contributed by atoms with Crippen LogP contribution in [0.1, 0.15) is 36.8 Å². The summed E-state index contributed by atoms with van der Waals surface area (Å²) in [5, 5.41) is 4.63. The molecule has 0 N–H and O–H groups in total. The van der Waals surface area contributed by atoms with Crippen molar-refractivity contribution in [2.24, 2.45) is 0 Å². The third-order valence-electron chi connectivity index (χ3n) is 5.83. The molecule has 3 aromatic rings. The van der Waals surface area contributed by atoms with Crippen LogP contribution in [0.2, 0.25) is 0 Å². The Hall–Kier alpha value is -2.51. The quantitative estimate of drug-likeness (QED) is 0.570. The van der Waals surface area contributed by atoms with Crippen LogP contribution in [0.5, 0.6) is 0 Å². The Balaban J connectivity index is 1.58. The van der Waals surface area contributed by atoms with E-state index in [-0.39, 0.29) is 6.04 Å². The molecule has 0 aliphatic heterocycles. The van der Waals surface area contributed by atoms with Crippen LogP contribution in [-0.2, 0) is 16.6 Å². The fraction of sp³-hybridized carbons (Fsp3) is 0.391. The molecule has 2 heterocycles. The molecule has 2 aromatic heterocycles. The molecule has 1 fully saturated rings. The molecule has 0 atom stereocenters. The van der Waals surface area contributed by atoms with Crippen molar-refractivity contribution in [1.82, 2.24) is 19.1 Å². The summed E-state index contributed by atoms with van der Waals surface area (Å²) in [6.45, 7) is 4.74. The average molecular weight is 425 g/mol. The van der Waals surface area contributed by atoms with Gasteiger partial charge in [-0.3, -0.25) is 9.67 Å². The molecule has 6 nitrogen and oxygen atoms in total. The van der Waals surface area contributed by atoms with Gasteiger partial charge in [-0.05, 0) is 62.1 Å². The molecule has 0 unspecified atom stereocenters. The standard InChI is InChI=1S/C23H28N4O2S/c1-18-7-8-19(2)23(17-18)30(28,29)27(21-5-3-4-6-21)16-15-26-14-11-22(25-26)20-9-12-24-13-10-20/h7-14,17,21H,3-6,15-16H2,1-2H3. The van der Waals surface area contributed by atoms with Crippen LogP contribution in [0, 0.1) is 13.8 Å². The third kappa shape index (κ3) is 4.32. The van der Waals surface area contributed by atoms with Gasteiger partial charge in [-0.15, -0.1) is 0 Å². The molecule has 7 heteroatoms. The van der Waals surface area contributed by atoms with Crippen molar-refractivity contribution < 1.29 is 8.42 Å². The van der Waals surface area contributed by atoms with Crippen LogP contribution in [0.3, 0.4) is 0 Å². The Labute approximate surface area is 178 Å². The highest BCUT2D eigenvalue weighted by molar-refractivity contribution is 7.89. The zero-order valence-electron chi connectivity index (χ0n) is 17.5. The van der Waals surface area contributed by atoms with Crippen LogP contribution < -0.4 is 0 Å². The molecule has 4 rings (SSSR count). The largest absolute Gasteiger partial charge is 0.271 e. The molecular weight excluding hydrogens is 396 g/mol. The SMILES string of the molecule is Cc1ccc(C)c(S(=O)(=O)N(CCn2ccc(-c3ccncc3)n2)C2CCCC2)c1. The maximum atomic E-state index is 13.6. The molecule has 0 spiro atoms. The van der Waals surface area contributed by atoms with Gasteiger partial charge in [0.1, 0.15) is 0 Å². The Morgan fingerprint density at radius 1 is 1.07 bits per heavy atom. The van der Waals surface area contributed by atoms with E-state index in [0.29, 0.717) is 18.0 Å². The van der Waals surface area contributed by atoms with Crippen LogP contribution in [0.15, 0.2) is 59.9 Å². The van der Waals surface area contributed by atoms with Gasteiger partial charge in [0.2, 0.25) is 10.0 Å². The lowest BCUT2D eigenvalue weighted by molar-refractivity contribution is 0.306. The average Bonchev–Trinajstić information content (AvgIpc) is 3.43. The summed E-state index contributed by atoms with van der Waals surface area (Å²) < 4.78 is 30.8. The first-order chi connectivity index (χ1) is 14.4. The fourth-order valence-electron chi connectivity index (χ4n) is 4.17. The summed E-state index contributed by atoms with van der Waals surface area (Å²) in [5.41, 5.74) is 3.61. The minimum Gasteiger partial charge on any atom is -0.271 e. The molecule has 0 saturated heterocycles. The molecule has 1 saturated carbocycles. The van der Waals surface area contributed by atoms with Gasteiger partial charge in [0.15, 0.2) is 0 Å². The number of sulfonamides is 1. The van der Waals surface area contributed by atoms with E-state index in [0.717, 1.165) is 48.1 Å². The second kappa shape index (κ2) is 8.70. The first kappa shape index (κ1) is 20.8. The number of benzene rings is 1. The topological polar surface area (TPSA) is 68.1 Å². The van der Waals surface area contributed by atoms with Crippen LogP contribution in [-0.4, -0.2) is 40.1 Å². The van der Waals surface area contributed by atoms with Crippen molar-refractivity contribution in [2.45, 2.75) is 57.0 Å². The highest BCUT2D eigenvalue weighted by Crippen LogP contribution is 2.30. The van der Waals surface area contributed by atoms with Crippen molar-refractivity contribution in [3.05, 3.63) is 66.1 Å². The second-order valence-electron chi connectivity index (χ2n) is 8.02. The second-order valence-corrected chi connectivity index (χ2v) is 9.88. The zero-order valence-corrected chi connectivity index (χ0v) is 18.3. The number of aryl methyl sites for hydroxylation is 2. The van der Waals surface area contributed by atoms with Crippen molar-refractivity contribution in [1.29, 1.82) is 0 Å². The Morgan fingerprint density at radius 3 is 2.53 bits per heavy atom. The van der Waals surface area contributed by atoms with Gasteiger partial charge >= 0.3 is 0 Å². The van der Waals surface area contributed by atoms with Crippen molar-refractivity contribution in [2.75, 3.05) is 6.54 Å². The first-order valence-electron chi connectivity index (χ1n) is 10.5. The predicted octanol–water partition coefficient (Wildman–Crippen LogP) is 4.20. The van der Waals surface area contributed by atoms with Gasteiger partial charge in [0.05, 0.1) is 17.1 Å². The molecule has 1 aliphatic carbocycles. The maximum Gasteiger partial charge on any atom is 0.243 e. The third-order valence-corrected chi connectivity index (χ3v) is 7.92. The lowest BCUT2D eigenvalue weighted by atomic mass is 10.2. The Kier molecular flexibility index (Phi) is 6.01. The lowest BCUT2D eigenvalue weighted by Gasteiger charge is -2.29. The molecule has 158 valence electrons. The molecule has 30 heavy (non-hydrogen) atoms. The van der Waals surface area contributed by atoms with Gasteiger partial charge < -0.3 is 0 Å². The highest BCUT2D eigenvalue weighted by atomic mass is 32.2. The van der Waals surface area contributed by atoms with E-state index in [4.69, 9.17) is 0 Å². The van der Waals surface area contributed by atoms with Gasteiger partial charge in [-0.1, -0.05) is 25.0 Å². The Bertz CT molecular complexity index is 1100. The maximum absolute atomic E-state index is 13.6. The molecule has 1 aromatic carbocycles. The fourth-order valence-corrected chi connectivity index (χ4v) is 6.15. The predicted molar refractivity (Wildman–Crippen MR) is 118 cm³/mol. The van der Waals surface area contributed by atoms with E-state index in [1.54, 1.807) is 22.8 Å². The van der Waals surface area contributed by atoms with Crippen molar-refractivity contribution in [3.63, 3.8) is 0 Å². The summed E-state index contributed by atoms with van der Waals surface area (Å²) in [7, 11) is -3.57. The van der Waals surface area contributed by atoms with Gasteiger partial charge in [-0.2, -0.15) is 9.40 Å².